The van der Waals surface area contributed by atoms with Gasteiger partial charge >= 0.3 is 0 Å². The lowest BCUT2D eigenvalue weighted by molar-refractivity contribution is -0.113. The van der Waals surface area contributed by atoms with E-state index >= 15 is 0 Å². The van der Waals surface area contributed by atoms with Gasteiger partial charge in [-0.05, 0) is 49.1 Å². The van der Waals surface area contributed by atoms with Crippen LogP contribution in [0.5, 0.6) is 0 Å². The first-order valence-corrected chi connectivity index (χ1v) is 8.21. The number of amides is 2. The Kier molecular flexibility index (Phi) is 5.59. The third kappa shape index (κ3) is 4.01. The second-order valence-corrected chi connectivity index (χ2v) is 6.49. The first-order chi connectivity index (χ1) is 10.9. The maximum absolute atomic E-state index is 12.7. The van der Waals surface area contributed by atoms with Crippen molar-refractivity contribution in [1.82, 2.24) is 4.90 Å². The summed E-state index contributed by atoms with van der Waals surface area (Å²) in [6, 6.07) is 7.49. The first-order valence-electron chi connectivity index (χ1n) is 8.21. The standard InChI is InChI=1S/C19H26N2O2/c1-5-18(22)20(3)16-11-9-15(10-12-16)19(23)21(4)17-8-6-7-14(2)13-17/h5,9-12,14,17H,1,6-8,13H2,2-4H3. The Bertz CT molecular complexity index is 580. The van der Waals surface area contributed by atoms with Crippen LogP contribution in [-0.4, -0.2) is 36.9 Å². The molecule has 1 aliphatic carbocycles. The number of rotatable bonds is 4. The van der Waals surface area contributed by atoms with E-state index in [0.717, 1.165) is 18.5 Å². The molecule has 2 rings (SSSR count). The number of carbonyl (C=O) groups excluding carboxylic acids is 2. The van der Waals surface area contributed by atoms with Gasteiger partial charge in [0.25, 0.3) is 5.91 Å². The second kappa shape index (κ2) is 7.44. The number of nitrogens with zero attached hydrogens (tertiary/aromatic N) is 2. The molecule has 0 spiro atoms. The highest BCUT2D eigenvalue weighted by Crippen LogP contribution is 2.27. The van der Waals surface area contributed by atoms with E-state index < -0.39 is 0 Å². The quantitative estimate of drug-likeness (QED) is 0.798. The van der Waals surface area contributed by atoms with E-state index in [-0.39, 0.29) is 11.8 Å². The van der Waals surface area contributed by atoms with Gasteiger partial charge in [0, 0.05) is 31.4 Å². The van der Waals surface area contributed by atoms with Crippen LogP contribution in [0.1, 0.15) is 43.0 Å². The molecule has 0 N–H and O–H groups in total. The van der Waals surface area contributed by atoms with Crippen LogP contribution in [0.25, 0.3) is 0 Å². The fraction of sp³-hybridized carbons (Fsp3) is 0.474. The van der Waals surface area contributed by atoms with Crippen molar-refractivity contribution < 1.29 is 9.59 Å². The fourth-order valence-corrected chi connectivity index (χ4v) is 3.22. The van der Waals surface area contributed by atoms with Gasteiger partial charge in [-0.1, -0.05) is 26.3 Å². The lowest BCUT2D eigenvalue weighted by Crippen LogP contribution is -2.39. The highest BCUT2D eigenvalue weighted by atomic mass is 16.2. The van der Waals surface area contributed by atoms with Crippen LogP contribution in [0.3, 0.4) is 0 Å². The molecule has 0 heterocycles. The molecule has 1 fully saturated rings. The average molecular weight is 314 g/mol. The van der Waals surface area contributed by atoms with Gasteiger partial charge in [0.15, 0.2) is 0 Å². The number of likely N-dealkylation sites (N-methyl/N-ethyl adjacent to an activating group) is 1. The van der Waals surface area contributed by atoms with Gasteiger partial charge in [-0.25, -0.2) is 0 Å². The predicted octanol–water partition coefficient (Wildman–Crippen LogP) is 3.49. The molecule has 1 saturated carbocycles. The molecule has 1 aromatic carbocycles. The summed E-state index contributed by atoms with van der Waals surface area (Å²) >= 11 is 0. The van der Waals surface area contributed by atoms with Gasteiger partial charge in [-0.2, -0.15) is 0 Å². The lowest BCUT2D eigenvalue weighted by Gasteiger charge is -2.34. The Morgan fingerprint density at radius 2 is 1.83 bits per heavy atom. The zero-order valence-corrected chi connectivity index (χ0v) is 14.3. The summed E-state index contributed by atoms with van der Waals surface area (Å²) in [5.41, 5.74) is 1.41. The molecule has 0 saturated heterocycles. The van der Waals surface area contributed by atoms with Crippen LogP contribution in [0.4, 0.5) is 5.69 Å². The van der Waals surface area contributed by atoms with Crippen molar-refractivity contribution in [3.05, 3.63) is 42.5 Å². The molecular weight excluding hydrogens is 288 g/mol. The van der Waals surface area contributed by atoms with E-state index in [0.29, 0.717) is 17.5 Å². The average Bonchev–Trinajstić information content (AvgIpc) is 2.59. The largest absolute Gasteiger partial charge is 0.339 e. The normalized spacial score (nSPS) is 20.7. The molecule has 0 bridgehead atoms. The highest BCUT2D eigenvalue weighted by Gasteiger charge is 2.26. The summed E-state index contributed by atoms with van der Waals surface area (Å²) in [5, 5.41) is 0. The molecule has 0 radical (unpaired) electrons. The third-order valence-corrected chi connectivity index (χ3v) is 4.78. The molecule has 2 atom stereocenters. The molecule has 0 aliphatic heterocycles. The van der Waals surface area contributed by atoms with Crippen molar-refractivity contribution in [1.29, 1.82) is 0 Å². The summed E-state index contributed by atoms with van der Waals surface area (Å²) in [4.78, 5) is 27.6. The van der Waals surface area contributed by atoms with Crippen LogP contribution in [-0.2, 0) is 4.79 Å². The summed E-state index contributed by atoms with van der Waals surface area (Å²) in [5.74, 6) is 0.565. The molecule has 1 aliphatic rings. The van der Waals surface area contributed by atoms with Gasteiger partial charge < -0.3 is 9.80 Å². The van der Waals surface area contributed by atoms with Crippen LogP contribution in [0.15, 0.2) is 36.9 Å². The van der Waals surface area contributed by atoms with Gasteiger partial charge in [-0.3, -0.25) is 9.59 Å². The molecule has 4 nitrogen and oxygen atoms in total. The lowest BCUT2D eigenvalue weighted by atomic mass is 9.86. The molecule has 124 valence electrons. The van der Waals surface area contributed by atoms with Gasteiger partial charge in [-0.15, -0.1) is 0 Å². The number of anilines is 1. The molecule has 1 aromatic rings. The highest BCUT2D eigenvalue weighted by molar-refractivity contribution is 6.01. The van der Waals surface area contributed by atoms with Crippen molar-refractivity contribution in [2.75, 3.05) is 19.0 Å². The monoisotopic (exact) mass is 314 g/mol. The Morgan fingerprint density at radius 3 is 2.39 bits per heavy atom. The van der Waals surface area contributed by atoms with E-state index in [1.165, 1.54) is 23.8 Å². The Hall–Kier alpha value is -2.10. The minimum atomic E-state index is -0.169. The third-order valence-electron chi connectivity index (χ3n) is 4.78. The maximum atomic E-state index is 12.7. The fourth-order valence-electron chi connectivity index (χ4n) is 3.22. The summed E-state index contributed by atoms with van der Waals surface area (Å²) < 4.78 is 0. The van der Waals surface area contributed by atoms with Crippen molar-refractivity contribution >= 4 is 17.5 Å². The van der Waals surface area contributed by atoms with E-state index in [1.54, 1.807) is 31.3 Å². The molecule has 0 aromatic heterocycles. The van der Waals surface area contributed by atoms with Crippen LogP contribution < -0.4 is 4.90 Å². The predicted molar refractivity (Wildman–Crippen MR) is 93.6 cm³/mol. The molecule has 4 heteroatoms. The summed E-state index contributed by atoms with van der Waals surface area (Å²) in [7, 11) is 3.59. The van der Waals surface area contributed by atoms with Crippen molar-refractivity contribution in [3.63, 3.8) is 0 Å². The Morgan fingerprint density at radius 1 is 1.17 bits per heavy atom. The van der Waals surface area contributed by atoms with Gasteiger partial charge in [0.2, 0.25) is 5.91 Å². The zero-order valence-electron chi connectivity index (χ0n) is 14.3. The summed E-state index contributed by atoms with van der Waals surface area (Å²) in [6.07, 6.45) is 5.89. The minimum Gasteiger partial charge on any atom is -0.339 e. The van der Waals surface area contributed by atoms with Gasteiger partial charge in [0.05, 0.1) is 0 Å². The maximum Gasteiger partial charge on any atom is 0.253 e. The molecule has 2 amide bonds. The topological polar surface area (TPSA) is 40.6 Å². The second-order valence-electron chi connectivity index (χ2n) is 6.49. The smallest absolute Gasteiger partial charge is 0.253 e. The first kappa shape index (κ1) is 17.3. The van der Waals surface area contributed by atoms with Crippen LogP contribution in [0.2, 0.25) is 0 Å². The SMILES string of the molecule is C=CC(=O)N(C)c1ccc(C(=O)N(C)C2CCCC(C)C2)cc1. The van der Waals surface area contributed by atoms with E-state index in [4.69, 9.17) is 0 Å². The zero-order chi connectivity index (χ0) is 17.0. The van der Waals surface area contributed by atoms with E-state index in [9.17, 15) is 9.59 Å². The van der Waals surface area contributed by atoms with Crippen molar-refractivity contribution in [3.8, 4) is 0 Å². The summed E-state index contributed by atoms with van der Waals surface area (Å²) in [6.45, 7) is 5.74. The van der Waals surface area contributed by atoms with Crippen molar-refractivity contribution in [2.45, 2.75) is 38.6 Å². The van der Waals surface area contributed by atoms with E-state index in [2.05, 4.69) is 13.5 Å². The number of hydrogen-bond acceptors (Lipinski definition) is 2. The Balaban J connectivity index is 2.07. The number of hydrogen-bond donors (Lipinski definition) is 0. The molecule has 23 heavy (non-hydrogen) atoms. The number of benzene rings is 1. The number of carbonyl (C=O) groups is 2. The Labute approximate surface area is 138 Å². The van der Waals surface area contributed by atoms with Gasteiger partial charge in [0.1, 0.15) is 0 Å². The van der Waals surface area contributed by atoms with Crippen molar-refractivity contribution in [2.24, 2.45) is 5.92 Å². The molecule has 2 unspecified atom stereocenters. The van der Waals surface area contributed by atoms with Crippen LogP contribution >= 0.6 is 0 Å². The van der Waals surface area contributed by atoms with E-state index in [1.807, 2.05) is 11.9 Å². The van der Waals surface area contributed by atoms with Crippen LogP contribution in [0, 0.1) is 5.92 Å². The molecular formula is C19H26N2O2. The minimum absolute atomic E-state index is 0.0494.